The third-order valence-electron chi connectivity index (χ3n) is 5.44. The summed E-state index contributed by atoms with van der Waals surface area (Å²) in [5.74, 6) is -1.43. The molecule has 2 saturated heterocycles. The number of benzene rings is 1. The summed E-state index contributed by atoms with van der Waals surface area (Å²) in [7, 11) is -3.59. The quantitative estimate of drug-likeness (QED) is 0.921. The van der Waals surface area contributed by atoms with Crippen LogP contribution in [0.5, 0.6) is 0 Å². The first-order valence-electron chi connectivity index (χ1n) is 7.86. The second-order valence-electron chi connectivity index (χ2n) is 6.60. The predicted octanol–water partition coefficient (Wildman–Crippen LogP) is 1.80. The maximum absolute atomic E-state index is 13.0. The lowest BCUT2D eigenvalue weighted by Gasteiger charge is -2.22. The predicted molar refractivity (Wildman–Crippen MR) is 80.0 cm³/mol. The van der Waals surface area contributed by atoms with Crippen molar-refractivity contribution < 1.29 is 18.3 Å². The highest BCUT2D eigenvalue weighted by molar-refractivity contribution is 7.89. The summed E-state index contributed by atoms with van der Waals surface area (Å²) in [4.78, 5) is 11.7. The maximum atomic E-state index is 13.0. The van der Waals surface area contributed by atoms with Gasteiger partial charge < -0.3 is 5.11 Å². The van der Waals surface area contributed by atoms with Crippen LogP contribution in [0.3, 0.4) is 0 Å². The smallest absolute Gasteiger partial charge is 0.308 e. The van der Waals surface area contributed by atoms with Crippen molar-refractivity contribution in [3.63, 3.8) is 0 Å². The second kappa shape index (κ2) is 4.80. The minimum absolute atomic E-state index is 0.149. The number of aryl methyl sites for hydroxylation is 2. The van der Waals surface area contributed by atoms with E-state index in [-0.39, 0.29) is 12.1 Å². The zero-order valence-electron chi connectivity index (χ0n) is 12.2. The lowest BCUT2D eigenvalue weighted by atomic mass is 9.89. The fourth-order valence-electron chi connectivity index (χ4n) is 4.41. The van der Waals surface area contributed by atoms with Crippen LogP contribution >= 0.6 is 0 Å². The number of hydrogen-bond donors (Lipinski definition) is 1. The van der Waals surface area contributed by atoms with E-state index in [4.69, 9.17) is 0 Å². The minimum atomic E-state index is -3.59. The number of carboxylic acid groups (broad SMARTS) is 1. The normalized spacial score (nSPS) is 30.6. The molecule has 0 spiro atoms. The third kappa shape index (κ3) is 1.93. The van der Waals surface area contributed by atoms with Gasteiger partial charge in [0, 0.05) is 12.1 Å². The highest BCUT2D eigenvalue weighted by Crippen LogP contribution is 2.45. The fraction of sp³-hybridized carbons (Fsp3) is 0.562. The molecule has 1 aromatic carbocycles. The molecule has 6 heteroatoms. The van der Waals surface area contributed by atoms with Crippen LogP contribution in [-0.4, -0.2) is 35.9 Å². The van der Waals surface area contributed by atoms with Crippen LogP contribution in [0.2, 0.25) is 0 Å². The van der Waals surface area contributed by atoms with Gasteiger partial charge in [-0.2, -0.15) is 4.31 Å². The van der Waals surface area contributed by atoms with Gasteiger partial charge in [0.2, 0.25) is 10.0 Å². The van der Waals surface area contributed by atoms with Gasteiger partial charge in [-0.05, 0) is 61.8 Å². The second-order valence-corrected chi connectivity index (χ2v) is 8.44. The van der Waals surface area contributed by atoms with Crippen LogP contribution in [0.15, 0.2) is 23.1 Å². The summed E-state index contributed by atoms with van der Waals surface area (Å²) in [6.45, 7) is 0. The van der Waals surface area contributed by atoms with Crippen molar-refractivity contribution in [1.29, 1.82) is 0 Å². The van der Waals surface area contributed by atoms with E-state index in [1.807, 2.05) is 6.07 Å². The molecule has 2 aliphatic heterocycles. The van der Waals surface area contributed by atoms with Gasteiger partial charge >= 0.3 is 5.97 Å². The number of nitrogens with zero attached hydrogens (tertiary/aromatic N) is 1. The molecule has 3 unspecified atom stereocenters. The molecular formula is C16H19NO4S. The summed E-state index contributed by atoms with van der Waals surface area (Å²) in [6.07, 6.45) is 4.92. The van der Waals surface area contributed by atoms with E-state index in [1.54, 1.807) is 12.1 Å². The molecule has 118 valence electrons. The van der Waals surface area contributed by atoms with Gasteiger partial charge in [0.15, 0.2) is 0 Å². The van der Waals surface area contributed by atoms with Crippen LogP contribution in [-0.2, 0) is 27.7 Å². The molecule has 5 nitrogen and oxygen atoms in total. The van der Waals surface area contributed by atoms with Gasteiger partial charge in [-0.25, -0.2) is 8.42 Å². The van der Waals surface area contributed by atoms with Crippen LogP contribution in [0.25, 0.3) is 0 Å². The van der Waals surface area contributed by atoms with Crippen LogP contribution < -0.4 is 0 Å². The SMILES string of the molecule is O=C(O)C1CC2CCC1N2S(=O)(=O)c1ccc2c(c1)CCC2. The van der Waals surface area contributed by atoms with E-state index in [0.717, 1.165) is 31.2 Å². The topological polar surface area (TPSA) is 74.7 Å². The molecule has 22 heavy (non-hydrogen) atoms. The van der Waals surface area contributed by atoms with Crippen LogP contribution in [0.4, 0.5) is 0 Å². The monoisotopic (exact) mass is 321 g/mol. The average molecular weight is 321 g/mol. The van der Waals surface area contributed by atoms with Crippen molar-refractivity contribution in [2.45, 2.75) is 55.5 Å². The molecule has 1 aromatic rings. The Bertz CT molecular complexity index is 743. The zero-order valence-corrected chi connectivity index (χ0v) is 13.1. The maximum Gasteiger partial charge on any atom is 0.308 e. The number of rotatable bonds is 3. The Kier molecular flexibility index (Phi) is 3.10. The molecule has 2 fully saturated rings. The van der Waals surface area contributed by atoms with Crippen molar-refractivity contribution in [2.75, 3.05) is 0 Å². The zero-order chi connectivity index (χ0) is 15.5. The molecule has 0 saturated carbocycles. The van der Waals surface area contributed by atoms with Crippen LogP contribution in [0, 0.1) is 5.92 Å². The lowest BCUT2D eigenvalue weighted by Crippen LogP contribution is -2.37. The van der Waals surface area contributed by atoms with E-state index in [0.29, 0.717) is 17.7 Å². The standard InChI is InChI=1S/C16H19NO4S/c18-16(19)14-9-12-5-7-15(14)17(12)22(20,21)13-6-4-10-2-1-3-11(10)8-13/h4,6,8,12,14-15H,1-3,5,7,9H2,(H,18,19). The van der Waals surface area contributed by atoms with E-state index in [9.17, 15) is 18.3 Å². The summed E-state index contributed by atoms with van der Waals surface area (Å²) < 4.78 is 27.5. The Morgan fingerprint density at radius 1 is 1.18 bits per heavy atom. The molecule has 1 N–H and O–H groups in total. The summed E-state index contributed by atoms with van der Waals surface area (Å²) in [5, 5.41) is 9.29. The molecule has 2 bridgehead atoms. The van der Waals surface area contributed by atoms with E-state index < -0.39 is 21.9 Å². The number of fused-ring (bicyclic) bond motifs is 3. The largest absolute Gasteiger partial charge is 0.481 e. The number of aliphatic carboxylic acids is 1. The Morgan fingerprint density at radius 3 is 2.68 bits per heavy atom. The lowest BCUT2D eigenvalue weighted by molar-refractivity contribution is -0.142. The Hall–Kier alpha value is -1.40. The van der Waals surface area contributed by atoms with Gasteiger partial charge in [-0.3, -0.25) is 4.79 Å². The molecule has 4 rings (SSSR count). The first kappa shape index (κ1) is 14.2. The highest BCUT2D eigenvalue weighted by atomic mass is 32.2. The van der Waals surface area contributed by atoms with Gasteiger partial charge in [0.25, 0.3) is 0 Å². The van der Waals surface area contributed by atoms with E-state index >= 15 is 0 Å². The van der Waals surface area contributed by atoms with E-state index in [1.165, 1.54) is 9.87 Å². The van der Waals surface area contributed by atoms with Crippen LogP contribution in [0.1, 0.15) is 36.8 Å². The van der Waals surface area contributed by atoms with Gasteiger partial charge in [-0.15, -0.1) is 0 Å². The number of hydrogen-bond acceptors (Lipinski definition) is 3. The molecule has 1 aliphatic carbocycles. The molecule has 3 aliphatic rings. The van der Waals surface area contributed by atoms with Crippen molar-refractivity contribution in [2.24, 2.45) is 5.92 Å². The Labute approximate surface area is 130 Å². The van der Waals surface area contributed by atoms with E-state index in [2.05, 4.69) is 0 Å². The molecular weight excluding hydrogens is 302 g/mol. The average Bonchev–Trinajstić information content (AvgIpc) is 3.19. The van der Waals surface area contributed by atoms with Gasteiger partial charge in [0.1, 0.15) is 0 Å². The minimum Gasteiger partial charge on any atom is -0.481 e. The summed E-state index contributed by atoms with van der Waals surface area (Å²) in [5.41, 5.74) is 2.37. The van der Waals surface area contributed by atoms with Crippen molar-refractivity contribution >= 4 is 16.0 Å². The molecule has 3 atom stereocenters. The number of sulfonamides is 1. The van der Waals surface area contributed by atoms with Gasteiger partial charge in [-0.1, -0.05) is 6.07 Å². The Morgan fingerprint density at radius 2 is 1.95 bits per heavy atom. The van der Waals surface area contributed by atoms with Crippen molar-refractivity contribution in [3.05, 3.63) is 29.3 Å². The Balaban J connectivity index is 1.71. The number of carbonyl (C=O) groups is 1. The molecule has 2 heterocycles. The first-order chi connectivity index (χ1) is 10.5. The molecule has 0 aromatic heterocycles. The van der Waals surface area contributed by atoms with Crippen molar-refractivity contribution in [3.8, 4) is 0 Å². The fourth-order valence-corrected chi connectivity index (χ4v) is 6.38. The summed E-state index contributed by atoms with van der Waals surface area (Å²) in [6, 6.07) is 4.88. The molecule has 0 amide bonds. The first-order valence-corrected chi connectivity index (χ1v) is 9.30. The third-order valence-corrected chi connectivity index (χ3v) is 7.41. The van der Waals surface area contributed by atoms with Crippen molar-refractivity contribution in [1.82, 2.24) is 4.31 Å². The number of carboxylic acids is 1. The summed E-state index contributed by atoms with van der Waals surface area (Å²) >= 11 is 0. The molecule has 0 radical (unpaired) electrons. The highest BCUT2D eigenvalue weighted by Gasteiger charge is 2.54. The van der Waals surface area contributed by atoms with Gasteiger partial charge in [0.05, 0.1) is 10.8 Å².